The van der Waals surface area contributed by atoms with Crippen LogP contribution in [0.1, 0.15) is 45.1 Å². The topological polar surface area (TPSA) is 70.7 Å². The number of amides is 3. The Morgan fingerprint density at radius 1 is 1.24 bits per heavy atom. The zero-order valence-electron chi connectivity index (χ0n) is 15.4. The van der Waals surface area contributed by atoms with Gasteiger partial charge in [0.25, 0.3) is 0 Å². The van der Waals surface area contributed by atoms with Gasteiger partial charge in [-0.2, -0.15) is 0 Å². The normalized spacial score (nSPS) is 16.5. The molecule has 0 saturated carbocycles. The summed E-state index contributed by atoms with van der Waals surface area (Å²) in [4.78, 5) is 26.2. The van der Waals surface area contributed by atoms with Gasteiger partial charge in [0.2, 0.25) is 5.91 Å². The first-order chi connectivity index (χ1) is 12.0. The van der Waals surface area contributed by atoms with Crippen LogP contribution in [-0.4, -0.2) is 42.6 Å². The van der Waals surface area contributed by atoms with Crippen molar-refractivity contribution in [3.05, 3.63) is 23.8 Å². The summed E-state index contributed by atoms with van der Waals surface area (Å²) in [6.45, 7) is 7.83. The van der Waals surface area contributed by atoms with E-state index in [1.807, 2.05) is 39.0 Å². The minimum Gasteiger partial charge on any atom is -0.376 e. The summed E-state index contributed by atoms with van der Waals surface area (Å²) in [5.74, 6) is -0.0114. The number of carbonyl (C=O) groups excluding carboxylic acids is 2. The van der Waals surface area contributed by atoms with Gasteiger partial charge in [0, 0.05) is 37.5 Å². The Balaban J connectivity index is 2.02. The zero-order chi connectivity index (χ0) is 18.2. The minimum absolute atomic E-state index is 0.0114. The van der Waals surface area contributed by atoms with E-state index < -0.39 is 0 Å². The molecule has 0 unspecified atom stereocenters. The monoisotopic (exact) mass is 347 g/mol. The Hall–Kier alpha value is -2.08. The molecule has 0 bridgehead atoms. The average molecular weight is 347 g/mol. The molecule has 0 radical (unpaired) electrons. The number of carbonyl (C=O) groups is 2. The summed E-state index contributed by atoms with van der Waals surface area (Å²) < 4.78 is 5.63. The van der Waals surface area contributed by atoms with Gasteiger partial charge in [-0.3, -0.25) is 4.79 Å². The zero-order valence-corrected chi connectivity index (χ0v) is 15.4. The molecule has 1 aliphatic rings. The number of hydrogen-bond donors (Lipinski definition) is 2. The van der Waals surface area contributed by atoms with Gasteiger partial charge < -0.3 is 20.3 Å². The molecule has 1 aliphatic heterocycles. The lowest BCUT2D eigenvalue weighted by molar-refractivity contribution is -0.116. The molecule has 0 spiro atoms. The van der Waals surface area contributed by atoms with Crippen LogP contribution in [0.2, 0.25) is 0 Å². The van der Waals surface area contributed by atoms with E-state index in [9.17, 15) is 9.59 Å². The molecule has 0 aliphatic carbocycles. The predicted octanol–water partition coefficient (Wildman–Crippen LogP) is 3.77. The predicted molar refractivity (Wildman–Crippen MR) is 100.0 cm³/mol. The van der Waals surface area contributed by atoms with Crippen molar-refractivity contribution in [2.75, 3.05) is 30.3 Å². The van der Waals surface area contributed by atoms with Crippen LogP contribution >= 0.6 is 0 Å². The van der Waals surface area contributed by atoms with Crippen molar-refractivity contribution in [2.45, 2.75) is 52.6 Å². The van der Waals surface area contributed by atoms with E-state index in [4.69, 9.17) is 4.74 Å². The van der Waals surface area contributed by atoms with Gasteiger partial charge in [-0.1, -0.05) is 13.0 Å². The van der Waals surface area contributed by atoms with Gasteiger partial charge >= 0.3 is 6.03 Å². The summed E-state index contributed by atoms with van der Waals surface area (Å²) in [6, 6.07) is 5.39. The first kappa shape index (κ1) is 19.2. The lowest BCUT2D eigenvalue weighted by atomic mass is 10.1. The van der Waals surface area contributed by atoms with Gasteiger partial charge in [-0.25, -0.2) is 4.79 Å². The molecule has 1 atom stereocenters. The van der Waals surface area contributed by atoms with Crippen LogP contribution in [0, 0.1) is 6.92 Å². The number of nitrogens with zero attached hydrogens (tertiary/aromatic N) is 1. The van der Waals surface area contributed by atoms with Crippen molar-refractivity contribution < 1.29 is 14.3 Å². The summed E-state index contributed by atoms with van der Waals surface area (Å²) in [5.41, 5.74) is 2.30. The van der Waals surface area contributed by atoms with Gasteiger partial charge in [0.05, 0.1) is 6.10 Å². The highest BCUT2D eigenvalue weighted by molar-refractivity contribution is 5.95. The third-order valence-corrected chi connectivity index (χ3v) is 4.44. The van der Waals surface area contributed by atoms with Crippen molar-refractivity contribution >= 4 is 23.3 Å². The number of likely N-dealkylation sites (N-methyl/N-ethyl adjacent to an activating group) is 1. The van der Waals surface area contributed by atoms with Crippen LogP contribution < -0.4 is 10.6 Å². The van der Waals surface area contributed by atoms with Crippen molar-refractivity contribution in [1.82, 2.24) is 4.90 Å². The molecular weight excluding hydrogens is 318 g/mol. The molecule has 2 N–H and O–H groups in total. The summed E-state index contributed by atoms with van der Waals surface area (Å²) in [5, 5.41) is 5.86. The van der Waals surface area contributed by atoms with E-state index in [0.29, 0.717) is 25.2 Å². The molecule has 1 heterocycles. The highest BCUT2D eigenvalue weighted by Gasteiger charge is 2.22. The standard InChI is InChI=1S/C19H29N3O3/c1-4-8-18(23)20-16-10-6-11-17(14(16)3)21-19(24)22(5-2)13-15-9-7-12-25-15/h6,10-11,15H,4-5,7-9,12-13H2,1-3H3,(H,20,23)(H,21,24)/t15-/m0/s1. The van der Waals surface area contributed by atoms with E-state index in [1.54, 1.807) is 4.90 Å². The molecular formula is C19H29N3O3. The molecule has 1 aromatic rings. The van der Waals surface area contributed by atoms with E-state index in [2.05, 4.69) is 10.6 Å². The minimum atomic E-state index is -0.141. The molecule has 25 heavy (non-hydrogen) atoms. The fourth-order valence-corrected chi connectivity index (χ4v) is 2.93. The smallest absolute Gasteiger partial charge is 0.321 e. The van der Waals surface area contributed by atoms with Crippen LogP contribution in [-0.2, 0) is 9.53 Å². The first-order valence-corrected chi connectivity index (χ1v) is 9.12. The van der Waals surface area contributed by atoms with Crippen molar-refractivity contribution in [3.63, 3.8) is 0 Å². The van der Waals surface area contributed by atoms with Crippen LogP contribution in [0.5, 0.6) is 0 Å². The summed E-state index contributed by atoms with van der Waals surface area (Å²) in [7, 11) is 0. The molecule has 1 aromatic carbocycles. The molecule has 6 heteroatoms. The second-order valence-corrected chi connectivity index (χ2v) is 6.38. The average Bonchev–Trinajstić information content (AvgIpc) is 3.09. The number of benzene rings is 1. The lowest BCUT2D eigenvalue weighted by Crippen LogP contribution is -2.40. The van der Waals surface area contributed by atoms with Crippen LogP contribution in [0.25, 0.3) is 0 Å². The third-order valence-electron chi connectivity index (χ3n) is 4.44. The fourth-order valence-electron chi connectivity index (χ4n) is 2.93. The van der Waals surface area contributed by atoms with E-state index in [1.165, 1.54) is 0 Å². The van der Waals surface area contributed by atoms with Crippen molar-refractivity contribution in [2.24, 2.45) is 0 Å². The molecule has 0 aromatic heterocycles. The van der Waals surface area contributed by atoms with Gasteiger partial charge in [0.15, 0.2) is 0 Å². The maximum absolute atomic E-state index is 12.6. The number of ether oxygens (including phenoxy) is 1. The van der Waals surface area contributed by atoms with Crippen LogP contribution in [0.15, 0.2) is 18.2 Å². The number of hydrogen-bond acceptors (Lipinski definition) is 3. The van der Waals surface area contributed by atoms with E-state index >= 15 is 0 Å². The lowest BCUT2D eigenvalue weighted by Gasteiger charge is -2.25. The Labute approximate surface area is 149 Å². The van der Waals surface area contributed by atoms with Crippen molar-refractivity contribution in [1.29, 1.82) is 0 Å². The van der Waals surface area contributed by atoms with E-state index in [-0.39, 0.29) is 18.0 Å². The number of nitrogens with one attached hydrogen (secondary N) is 2. The van der Waals surface area contributed by atoms with Gasteiger partial charge in [-0.05, 0) is 50.8 Å². The third kappa shape index (κ3) is 5.46. The quantitative estimate of drug-likeness (QED) is 0.789. The summed E-state index contributed by atoms with van der Waals surface area (Å²) >= 11 is 0. The highest BCUT2D eigenvalue weighted by atomic mass is 16.5. The Morgan fingerprint density at radius 3 is 2.56 bits per heavy atom. The maximum Gasteiger partial charge on any atom is 0.321 e. The largest absolute Gasteiger partial charge is 0.376 e. The van der Waals surface area contributed by atoms with Crippen molar-refractivity contribution in [3.8, 4) is 0 Å². The second-order valence-electron chi connectivity index (χ2n) is 6.38. The molecule has 1 saturated heterocycles. The molecule has 6 nitrogen and oxygen atoms in total. The Morgan fingerprint density at radius 2 is 1.96 bits per heavy atom. The molecule has 3 amide bonds. The second kappa shape index (κ2) is 9.42. The fraction of sp³-hybridized carbons (Fsp3) is 0.579. The van der Waals surface area contributed by atoms with Crippen LogP contribution in [0.4, 0.5) is 16.2 Å². The van der Waals surface area contributed by atoms with Gasteiger partial charge in [-0.15, -0.1) is 0 Å². The number of urea groups is 1. The number of anilines is 2. The highest BCUT2D eigenvalue weighted by Crippen LogP contribution is 2.24. The maximum atomic E-state index is 12.6. The Bertz CT molecular complexity index is 598. The molecule has 1 fully saturated rings. The van der Waals surface area contributed by atoms with Gasteiger partial charge in [0.1, 0.15) is 0 Å². The summed E-state index contributed by atoms with van der Waals surface area (Å²) in [6.07, 6.45) is 3.48. The number of rotatable bonds is 7. The first-order valence-electron chi connectivity index (χ1n) is 9.12. The SMILES string of the molecule is CCCC(=O)Nc1cccc(NC(=O)N(CC)C[C@@H]2CCCO2)c1C. The van der Waals surface area contributed by atoms with Crippen LogP contribution in [0.3, 0.4) is 0 Å². The molecule has 138 valence electrons. The van der Waals surface area contributed by atoms with E-state index in [0.717, 1.165) is 37.1 Å². The Kier molecular flexibility index (Phi) is 7.25. The molecule has 2 rings (SSSR count).